The number of carboxylic acids is 1. The van der Waals surface area contributed by atoms with E-state index in [0.29, 0.717) is 19.0 Å². The molecule has 2 N–H and O–H groups in total. The van der Waals surface area contributed by atoms with Gasteiger partial charge in [-0.2, -0.15) is 0 Å². The number of aromatic carboxylic acids is 1. The fourth-order valence-electron chi connectivity index (χ4n) is 1.77. The highest BCUT2D eigenvalue weighted by Crippen LogP contribution is 2.15. The lowest BCUT2D eigenvalue weighted by molar-refractivity contribution is 0.0692. The Morgan fingerprint density at radius 3 is 2.50 bits per heavy atom. The Bertz CT molecular complexity index is 503. The number of carbonyl (C=O) groups excluding carboxylic acids is 1. The molecule has 20 heavy (non-hydrogen) atoms. The minimum atomic E-state index is -1.34. The normalized spacial score (nSPS) is 10.4. The second-order valence-corrected chi connectivity index (χ2v) is 4.86. The summed E-state index contributed by atoms with van der Waals surface area (Å²) < 4.78 is 13.5. The number of carboxylic acid groups (broad SMARTS) is 1. The number of amides is 2. The van der Waals surface area contributed by atoms with Crippen LogP contribution in [-0.4, -0.2) is 35.1 Å². The average molecular weight is 282 g/mol. The molecule has 0 aromatic heterocycles. The maximum Gasteiger partial charge on any atom is 0.338 e. The first-order chi connectivity index (χ1) is 9.35. The van der Waals surface area contributed by atoms with Crippen LogP contribution in [0, 0.1) is 11.7 Å². The number of anilines is 1. The van der Waals surface area contributed by atoms with E-state index in [1.165, 1.54) is 6.07 Å². The SMILES string of the molecule is CCN(CC(C)C)C(=O)Nc1ccc(C(=O)O)c(F)c1. The van der Waals surface area contributed by atoms with Crippen molar-refractivity contribution in [3.8, 4) is 0 Å². The van der Waals surface area contributed by atoms with Crippen molar-refractivity contribution in [2.45, 2.75) is 20.8 Å². The molecule has 0 aliphatic rings. The van der Waals surface area contributed by atoms with Gasteiger partial charge >= 0.3 is 12.0 Å². The topological polar surface area (TPSA) is 69.6 Å². The number of carbonyl (C=O) groups is 2. The molecule has 0 heterocycles. The molecule has 6 heteroatoms. The third kappa shape index (κ3) is 4.22. The molecule has 2 amide bonds. The number of rotatable bonds is 5. The summed E-state index contributed by atoms with van der Waals surface area (Å²) in [4.78, 5) is 24.3. The van der Waals surface area contributed by atoms with Crippen LogP contribution in [0.15, 0.2) is 18.2 Å². The molecule has 0 aliphatic carbocycles. The van der Waals surface area contributed by atoms with Crippen molar-refractivity contribution in [3.63, 3.8) is 0 Å². The van der Waals surface area contributed by atoms with Crippen LogP contribution in [0.5, 0.6) is 0 Å². The monoisotopic (exact) mass is 282 g/mol. The van der Waals surface area contributed by atoms with E-state index >= 15 is 0 Å². The van der Waals surface area contributed by atoms with Crippen molar-refractivity contribution >= 4 is 17.7 Å². The molecular formula is C14H19FN2O3. The van der Waals surface area contributed by atoms with Crippen LogP contribution in [0.4, 0.5) is 14.9 Å². The Morgan fingerprint density at radius 2 is 2.05 bits per heavy atom. The largest absolute Gasteiger partial charge is 0.478 e. The van der Waals surface area contributed by atoms with Crippen LogP contribution in [0.25, 0.3) is 0 Å². The first-order valence-corrected chi connectivity index (χ1v) is 6.43. The Labute approximate surface area is 117 Å². The van der Waals surface area contributed by atoms with E-state index in [-0.39, 0.29) is 11.7 Å². The predicted octanol–water partition coefficient (Wildman–Crippen LogP) is 3.03. The van der Waals surface area contributed by atoms with Gasteiger partial charge in [0, 0.05) is 18.8 Å². The smallest absolute Gasteiger partial charge is 0.338 e. The fourth-order valence-corrected chi connectivity index (χ4v) is 1.77. The van der Waals surface area contributed by atoms with Crippen LogP contribution in [0.2, 0.25) is 0 Å². The maximum atomic E-state index is 13.5. The van der Waals surface area contributed by atoms with Crippen molar-refractivity contribution in [1.82, 2.24) is 4.90 Å². The first kappa shape index (κ1) is 15.9. The van der Waals surface area contributed by atoms with Crippen molar-refractivity contribution in [2.24, 2.45) is 5.92 Å². The van der Waals surface area contributed by atoms with Gasteiger partial charge in [-0.05, 0) is 31.0 Å². The van der Waals surface area contributed by atoms with Crippen LogP contribution >= 0.6 is 0 Å². The summed E-state index contributed by atoms with van der Waals surface area (Å²) in [6.07, 6.45) is 0. The van der Waals surface area contributed by atoms with Crippen molar-refractivity contribution in [1.29, 1.82) is 0 Å². The van der Waals surface area contributed by atoms with E-state index in [1.807, 2.05) is 20.8 Å². The van der Waals surface area contributed by atoms with Gasteiger partial charge in [0.2, 0.25) is 0 Å². The number of nitrogens with one attached hydrogen (secondary N) is 1. The third-order valence-electron chi connectivity index (χ3n) is 2.71. The molecule has 0 bridgehead atoms. The summed E-state index contributed by atoms with van der Waals surface area (Å²) in [7, 11) is 0. The number of hydrogen-bond acceptors (Lipinski definition) is 2. The number of urea groups is 1. The molecule has 1 rings (SSSR count). The average Bonchev–Trinajstić information content (AvgIpc) is 2.35. The van der Waals surface area contributed by atoms with Crippen molar-refractivity contribution < 1.29 is 19.1 Å². The van der Waals surface area contributed by atoms with Crippen LogP contribution in [-0.2, 0) is 0 Å². The van der Waals surface area contributed by atoms with Gasteiger partial charge in [-0.1, -0.05) is 13.8 Å². The molecule has 0 fully saturated rings. The van der Waals surface area contributed by atoms with Gasteiger partial charge in [0.1, 0.15) is 5.82 Å². The summed E-state index contributed by atoms with van der Waals surface area (Å²) in [5.41, 5.74) is -0.183. The van der Waals surface area contributed by atoms with Crippen molar-refractivity contribution in [3.05, 3.63) is 29.6 Å². The number of benzene rings is 1. The quantitative estimate of drug-likeness (QED) is 0.872. The Balaban J connectivity index is 2.80. The molecule has 0 atom stereocenters. The van der Waals surface area contributed by atoms with Gasteiger partial charge < -0.3 is 15.3 Å². The summed E-state index contributed by atoms with van der Waals surface area (Å²) in [5, 5.41) is 11.3. The molecule has 1 aromatic rings. The van der Waals surface area contributed by atoms with E-state index in [4.69, 9.17) is 5.11 Å². The lowest BCUT2D eigenvalue weighted by Gasteiger charge is -2.23. The highest BCUT2D eigenvalue weighted by Gasteiger charge is 2.15. The van der Waals surface area contributed by atoms with Crippen LogP contribution < -0.4 is 5.32 Å². The fraction of sp³-hybridized carbons (Fsp3) is 0.429. The van der Waals surface area contributed by atoms with Gasteiger partial charge in [0.05, 0.1) is 5.56 Å². The number of nitrogens with zero attached hydrogens (tertiary/aromatic N) is 1. The lowest BCUT2D eigenvalue weighted by Crippen LogP contribution is -2.37. The summed E-state index contributed by atoms with van der Waals surface area (Å²) in [6.45, 7) is 6.99. The molecule has 0 saturated carbocycles. The van der Waals surface area contributed by atoms with E-state index in [0.717, 1.165) is 12.1 Å². The second-order valence-electron chi connectivity index (χ2n) is 4.86. The Morgan fingerprint density at radius 1 is 1.40 bits per heavy atom. The van der Waals surface area contributed by atoms with E-state index in [1.54, 1.807) is 4.90 Å². The van der Waals surface area contributed by atoms with Crippen LogP contribution in [0.1, 0.15) is 31.1 Å². The number of halogens is 1. The predicted molar refractivity (Wildman–Crippen MR) is 74.5 cm³/mol. The van der Waals surface area contributed by atoms with Gasteiger partial charge in [0.25, 0.3) is 0 Å². The van der Waals surface area contributed by atoms with Crippen LogP contribution in [0.3, 0.4) is 0 Å². The lowest BCUT2D eigenvalue weighted by atomic mass is 10.2. The van der Waals surface area contributed by atoms with E-state index < -0.39 is 17.3 Å². The molecule has 0 unspecified atom stereocenters. The number of hydrogen-bond donors (Lipinski definition) is 2. The van der Waals surface area contributed by atoms with Gasteiger partial charge in [-0.3, -0.25) is 0 Å². The summed E-state index contributed by atoms with van der Waals surface area (Å²) in [5.74, 6) is -1.88. The maximum absolute atomic E-state index is 13.5. The van der Waals surface area contributed by atoms with Gasteiger partial charge in [-0.15, -0.1) is 0 Å². The van der Waals surface area contributed by atoms with Gasteiger partial charge in [0.15, 0.2) is 0 Å². The molecule has 0 spiro atoms. The van der Waals surface area contributed by atoms with Crippen molar-refractivity contribution in [2.75, 3.05) is 18.4 Å². The molecular weight excluding hydrogens is 263 g/mol. The molecule has 110 valence electrons. The van der Waals surface area contributed by atoms with E-state index in [9.17, 15) is 14.0 Å². The zero-order valence-corrected chi connectivity index (χ0v) is 11.8. The standard InChI is InChI=1S/C14H19FN2O3/c1-4-17(8-9(2)3)14(20)16-10-5-6-11(13(18)19)12(15)7-10/h5-7,9H,4,8H2,1-3H3,(H,16,20)(H,18,19). The van der Waals surface area contributed by atoms with E-state index in [2.05, 4.69) is 5.32 Å². The molecule has 0 saturated heterocycles. The zero-order chi connectivity index (χ0) is 15.3. The second kappa shape index (κ2) is 6.88. The first-order valence-electron chi connectivity index (χ1n) is 6.43. The van der Waals surface area contributed by atoms with Gasteiger partial charge in [-0.25, -0.2) is 14.0 Å². The minimum Gasteiger partial charge on any atom is -0.478 e. The zero-order valence-electron chi connectivity index (χ0n) is 11.8. The minimum absolute atomic E-state index is 0.236. The Hall–Kier alpha value is -2.11. The molecule has 5 nitrogen and oxygen atoms in total. The Kier molecular flexibility index (Phi) is 5.49. The molecule has 1 aromatic carbocycles. The highest BCUT2D eigenvalue weighted by atomic mass is 19.1. The summed E-state index contributed by atoms with van der Waals surface area (Å²) >= 11 is 0. The third-order valence-corrected chi connectivity index (χ3v) is 2.71. The molecule has 0 radical (unpaired) electrons. The summed E-state index contributed by atoms with van der Waals surface area (Å²) in [6, 6.07) is 3.17. The molecule has 0 aliphatic heterocycles. The highest BCUT2D eigenvalue weighted by molar-refractivity contribution is 5.91.